The summed E-state index contributed by atoms with van der Waals surface area (Å²) in [5, 5.41) is 7.10. The minimum atomic E-state index is -2.47. The van der Waals surface area contributed by atoms with Crippen LogP contribution in [0, 0.1) is 6.92 Å². The first-order chi connectivity index (χ1) is 6.59. The van der Waals surface area contributed by atoms with E-state index in [1.54, 1.807) is 6.92 Å². The molecule has 0 aliphatic rings. The van der Waals surface area contributed by atoms with Gasteiger partial charge in [0.15, 0.2) is 5.82 Å². The number of aromatic nitrogens is 2. The first-order valence-electron chi connectivity index (χ1n) is 4.12. The van der Waals surface area contributed by atoms with E-state index in [9.17, 15) is 8.78 Å². The molecule has 2 aromatic rings. The number of halogens is 2. The van der Waals surface area contributed by atoms with E-state index in [2.05, 4.69) is 10.2 Å². The Morgan fingerprint density at radius 3 is 2.79 bits per heavy atom. The van der Waals surface area contributed by atoms with Gasteiger partial charge in [0, 0.05) is 10.9 Å². The van der Waals surface area contributed by atoms with Gasteiger partial charge in [-0.2, -0.15) is 5.10 Å². The highest BCUT2D eigenvalue weighted by Crippen LogP contribution is 2.28. The lowest BCUT2D eigenvalue weighted by molar-refractivity contribution is 0.151. The second-order valence-corrected chi connectivity index (χ2v) is 3.17. The van der Waals surface area contributed by atoms with E-state index in [0.29, 0.717) is 16.9 Å². The fourth-order valence-electron chi connectivity index (χ4n) is 1.55. The topological polar surface area (TPSA) is 54.7 Å². The van der Waals surface area contributed by atoms with E-state index in [-0.39, 0.29) is 5.56 Å². The number of anilines is 1. The molecule has 1 aromatic heterocycles. The van der Waals surface area contributed by atoms with Crippen LogP contribution in [0.15, 0.2) is 12.1 Å². The maximum absolute atomic E-state index is 12.4. The molecule has 14 heavy (non-hydrogen) atoms. The van der Waals surface area contributed by atoms with Crippen LogP contribution in [0.1, 0.15) is 17.6 Å². The van der Waals surface area contributed by atoms with Gasteiger partial charge in [0.2, 0.25) is 0 Å². The lowest BCUT2D eigenvalue weighted by Crippen LogP contribution is -1.89. The lowest BCUT2D eigenvalue weighted by atomic mass is 10.1. The number of fused-ring (bicyclic) bond motifs is 1. The van der Waals surface area contributed by atoms with Crippen molar-refractivity contribution in [3.63, 3.8) is 0 Å². The van der Waals surface area contributed by atoms with Crippen LogP contribution in [-0.2, 0) is 0 Å². The van der Waals surface area contributed by atoms with E-state index < -0.39 is 6.43 Å². The molecule has 3 nitrogen and oxygen atoms in total. The largest absolute Gasteiger partial charge is 0.382 e. The van der Waals surface area contributed by atoms with Crippen LogP contribution in [0.2, 0.25) is 0 Å². The second kappa shape index (κ2) is 2.94. The molecule has 0 radical (unpaired) electrons. The number of H-pyrrole nitrogens is 1. The van der Waals surface area contributed by atoms with E-state index in [4.69, 9.17) is 5.73 Å². The highest BCUT2D eigenvalue weighted by Gasteiger charge is 2.12. The van der Waals surface area contributed by atoms with Crippen molar-refractivity contribution in [2.45, 2.75) is 13.3 Å². The Labute approximate surface area is 78.9 Å². The van der Waals surface area contributed by atoms with Crippen molar-refractivity contribution in [1.29, 1.82) is 0 Å². The minimum absolute atomic E-state index is 0.0151. The standard InChI is InChI=1S/C9H9F2N3/c1-4-2-5(8(10)11)3-6-7(4)9(12)14-13-6/h2-3,8H,1H3,(H3,12,13,14). The molecule has 1 aromatic carbocycles. The fraction of sp³-hybridized carbons (Fsp3) is 0.222. The van der Waals surface area contributed by atoms with Gasteiger partial charge in [-0.1, -0.05) is 0 Å². The number of aromatic amines is 1. The van der Waals surface area contributed by atoms with Crippen LogP contribution < -0.4 is 5.73 Å². The van der Waals surface area contributed by atoms with Crippen LogP contribution in [0.3, 0.4) is 0 Å². The number of alkyl halides is 2. The highest BCUT2D eigenvalue weighted by molar-refractivity contribution is 5.92. The average Bonchev–Trinajstić information content (AvgIpc) is 2.48. The normalized spacial score (nSPS) is 11.4. The zero-order valence-corrected chi connectivity index (χ0v) is 7.51. The van der Waals surface area contributed by atoms with E-state index in [1.165, 1.54) is 12.1 Å². The van der Waals surface area contributed by atoms with Gasteiger partial charge in [-0.05, 0) is 24.6 Å². The number of nitrogen functional groups attached to an aromatic ring is 1. The van der Waals surface area contributed by atoms with Gasteiger partial charge >= 0.3 is 0 Å². The summed E-state index contributed by atoms with van der Waals surface area (Å²) >= 11 is 0. The Morgan fingerprint density at radius 2 is 2.14 bits per heavy atom. The summed E-state index contributed by atoms with van der Waals surface area (Å²) in [5.74, 6) is 0.346. The Morgan fingerprint density at radius 1 is 1.43 bits per heavy atom. The van der Waals surface area contributed by atoms with E-state index in [1.807, 2.05) is 0 Å². The number of nitrogens with zero attached hydrogens (tertiary/aromatic N) is 1. The number of nitrogens with two attached hydrogens (primary N) is 1. The number of hydrogen-bond donors (Lipinski definition) is 2. The highest BCUT2D eigenvalue weighted by atomic mass is 19.3. The molecule has 0 spiro atoms. The second-order valence-electron chi connectivity index (χ2n) is 3.17. The molecule has 0 aliphatic carbocycles. The van der Waals surface area contributed by atoms with Crippen LogP contribution in [-0.4, -0.2) is 10.2 Å². The van der Waals surface area contributed by atoms with Crippen molar-refractivity contribution in [3.05, 3.63) is 23.3 Å². The monoisotopic (exact) mass is 197 g/mol. The molecule has 1 heterocycles. The summed E-state index contributed by atoms with van der Waals surface area (Å²) < 4.78 is 24.8. The Hall–Kier alpha value is -1.65. The van der Waals surface area contributed by atoms with E-state index >= 15 is 0 Å². The van der Waals surface area contributed by atoms with Gasteiger partial charge in [0.05, 0.1) is 5.52 Å². The van der Waals surface area contributed by atoms with Crippen molar-refractivity contribution in [2.75, 3.05) is 5.73 Å². The van der Waals surface area contributed by atoms with Gasteiger partial charge < -0.3 is 5.73 Å². The molecule has 0 atom stereocenters. The first kappa shape index (κ1) is 8.93. The Balaban J connectivity index is 2.74. The zero-order valence-electron chi connectivity index (χ0n) is 7.51. The summed E-state index contributed by atoms with van der Waals surface area (Å²) in [5.41, 5.74) is 6.82. The van der Waals surface area contributed by atoms with Crippen molar-refractivity contribution >= 4 is 16.7 Å². The van der Waals surface area contributed by atoms with Crippen LogP contribution >= 0.6 is 0 Å². The molecule has 0 saturated carbocycles. The molecular formula is C9H9F2N3. The quantitative estimate of drug-likeness (QED) is 0.737. The van der Waals surface area contributed by atoms with Crippen LogP contribution in [0.4, 0.5) is 14.6 Å². The summed E-state index contributed by atoms with van der Waals surface area (Å²) in [4.78, 5) is 0. The minimum Gasteiger partial charge on any atom is -0.382 e. The molecule has 0 bridgehead atoms. The molecule has 2 rings (SSSR count). The first-order valence-corrected chi connectivity index (χ1v) is 4.12. The molecule has 0 aliphatic heterocycles. The molecule has 0 unspecified atom stereocenters. The summed E-state index contributed by atoms with van der Waals surface area (Å²) in [6.45, 7) is 1.74. The van der Waals surface area contributed by atoms with Gasteiger partial charge in [0.25, 0.3) is 6.43 Å². The van der Waals surface area contributed by atoms with Crippen LogP contribution in [0.25, 0.3) is 10.9 Å². The molecule has 0 saturated heterocycles. The van der Waals surface area contributed by atoms with Crippen molar-refractivity contribution < 1.29 is 8.78 Å². The maximum Gasteiger partial charge on any atom is 0.263 e. The zero-order chi connectivity index (χ0) is 10.3. The molecular weight excluding hydrogens is 188 g/mol. The third kappa shape index (κ3) is 1.21. The van der Waals surface area contributed by atoms with Crippen molar-refractivity contribution in [3.8, 4) is 0 Å². The lowest BCUT2D eigenvalue weighted by Gasteiger charge is -2.02. The van der Waals surface area contributed by atoms with Crippen molar-refractivity contribution in [1.82, 2.24) is 10.2 Å². The molecule has 3 N–H and O–H groups in total. The average molecular weight is 197 g/mol. The van der Waals surface area contributed by atoms with Gasteiger partial charge in [-0.3, -0.25) is 5.10 Å². The predicted molar refractivity (Wildman–Crippen MR) is 50.2 cm³/mol. The smallest absolute Gasteiger partial charge is 0.263 e. The SMILES string of the molecule is Cc1cc(C(F)F)cc2[nH]nc(N)c12. The molecule has 74 valence electrons. The molecule has 5 heteroatoms. The van der Waals surface area contributed by atoms with Gasteiger partial charge in [-0.25, -0.2) is 8.78 Å². The third-order valence-electron chi connectivity index (χ3n) is 2.16. The number of hydrogen-bond acceptors (Lipinski definition) is 2. The summed E-state index contributed by atoms with van der Waals surface area (Å²) in [7, 11) is 0. The Bertz CT molecular complexity index is 476. The fourth-order valence-corrected chi connectivity index (χ4v) is 1.55. The number of benzene rings is 1. The Kier molecular flexibility index (Phi) is 1.87. The van der Waals surface area contributed by atoms with Gasteiger partial charge in [0.1, 0.15) is 0 Å². The number of nitrogens with one attached hydrogen (secondary N) is 1. The van der Waals surface area contributed by atoms with E-state index in [0.717, 1.165) is 5.39 Å². The molecule has 0 amide bonds. The van der Waals surface area contributed by atoms with Gasteiger partial charge in [-0.15, -0.1) is 0 Å². The summed E-state index contributed by atoms with van der Waals surface area (Å²) in [6.07, 6.45) is -2.47. The molecule has 0 fully saturated rings. The van der Waals surface area contributed by atoms with Crippen LogP contribution in [0.5, 0.6) is 0 Å². The summed E-state index contributed by atoms with van der Waals surface area (Å²) in [6, 6.07) is 2.80. The predicted octanol–water partition coefficient (Wildman–Crippen LogP) is 2.39. The number of rotatable bonds is 1. The van der Waals surface area contributed by atoms with Crippen molar-refractivity contribution in [2.24, 2.45) is 0 Å². The maximum atomic E-state index is 12.4. The third-order valence-corrected chi connectivity index (χ3v) is 2.16. The number of aryl methyl sites for hydroxylation is 1.